The molecule has 0 aliphatic carbocycles. The van der Waals surface area contributed by atoms with Crippen molar-refractivity contribution in [1.82, 2.24) is 0 Å². The maximum Gasteiger partial charge on any atom is 0.306 e. The lowest BCUT2D eigenvalue weighted by molar-refractivity contribution is -0.142. The first-order valence-corrected chi connectivity index (χ1v) is 4.22. The number of hydrogen-bond donors (Lipinski definition) is 1. The van der Waals surface area contributed by atoms with Crippen molar-refractivity contribution in [1.29, 1.82) is 0 Å². The molecular weight excluding hydrogens is 204 g/mol. The Morgan fingerprint density at radius 3 is 1.50 bits per heavy atom. The predicted octanol–water partition coefficient (Wildman–Crippen LogP) is 2.78. The first kappa shape index (κ1) is 13.2. The van der Waals surface area contributed by atoms with Crippen LogP contribution >= 0.6 is 0 Å². The summed E-state index contributed by atoms with van der Waals surface area (Å²) in [6.45, 7) is 0. The van der Waals surface area contributed by atoms with Crippen LogP contribution < -0.4 is 0 Å². The summed E-state index contributed by atoms with van der Waals surface area (Å²) in [5.41, 5.74) is 0. The Morgan fingerprint density at radius 1 is 0.929 bits per heavy atom. The average molecular weight is 216 g/mol. The van der Waals surface area contributed by atoms with Crippen LogP contribution in [-0.4, -0.2) is 23.9 Å². The molecule has 0 atom stereocenters. The van der Waals surface area contributed by atoms with Gasteiger partial charge in [0.25, 0.3) is 0 Å². The van der Waals surface area contributed by atoms with Gasteiger partial charge in [0.15, 0.2) is 0 Å². The van der Waals surface area contributed by atoms with E-state index in [2.05, 4.69) is 0 Å². The van der Waals surface area contributed by atoms with Crippen LogP contribution in [0.5, 0.6) is 0 Å². The average Bonchev–Trinajstić information content (AvgIpc) is 2.02. The number of rotatable bonds is 7. The zero-order chi connectivity index (χ0) is 11.1. The van der Waals surface area contributed by atoms with Crippen molar-refractivity contribution in [3.63, 3.8) is 0 Å². The monoisotopic (exact) mass is 216 g/mol. The standard InChI is InChI=1S/C8H12F4O2/c9-6(10)3-1-5(8(13)14)2-4-7(11)12/h5-7H,1-4H2,(H,13,14). The van der Waals surface area contributed by atoms with E-state index < -0.39 is 37.6 Å². The van der Waals surface area contributed by atoms with Crippen LogP contribution in [0.4, 0.5) is 17.6 Å². The van der Waals surface area contributed by atoms with Crippen molar-refractivity contribution in [3.05, 3.63) is 0 Å². The minimum Gasteiger partial charge on any atom is -0.481 e. The highest BCUT2D eigenvalue weighted by Gasteiger charge is 2.20. The van der Waals surface area contributed by atoms with E-state index in [1.54, 1.807) is 0 Å². The van der Waals surface area contributed by atoms with Crippen molar-refractivity contribution in [2.75, 3.05) is 0 Å². The minimum absolute atomic E-state index is 0.250. The van der Waals surface area contributed by atoms with Gasteiger partial charge in [-0.3, -0.25) is 4.79 Å². The Labute approximate surface area is 78.9 Å². The molecule has 0 radical (unpaired) electrons. The molecule has 0 aliphatic heterocycles. The van der Waals surface area contributed by atoms with Crippen molar-refractivity contribution in [2.45, 2.75) is 38.5 Å². The smallest absolute Gasteiger partial charge is 0.306 e. The quantitative estimate of drug-likeness (QED) is 0.664. The molecule has 0 unspecified atom stereocenters. The predicted molar refractivity (Wildman–Crippen MR) is 41.6 cm³/mol. The third-order valence-electron chi connectivity index (χ3n) is 1.82. The summed E-state index contributed by atoms with van der Waals surface area (Å²) in [7, 11) is 0. The topological polar surface area (TPSA) is 37.3 Å². The van der Waals surface area contributed by atoms with Gasteiger partial charge in [-0.1, -0.05) is 0 Å². The van der Waals surface area contributed by atoms with Gasteiger partial charge in [0.2, 0.25) is 12.9 Å². The molecule has 0 amide bonds. The lowest BCUT2D eigenvalue weighted by Crippen LogP contribution is -2.16. The molecule has 0 fully saturated rings. The first-order chi connectivity index (χ1) is 6.43. The number of aliphatic carboxylic acids is 1. The zero-order valence-electron chi connectivity index (χ0n) is 7.43. The van der Waals surface area contributed by atoms with Gasteiger partial charge in [-0.15, -0.1) is 0 Å². The normalized spacial score (nSPS) is 11.6. The molecular formula is C8H12F4O2. The molecule has 2 nitrogen and oxygen atoms in total. The zero-order valence-corrected chi connectivity index (χ0v) is 7.43. The summed E-state index contributed by atoms with van der Waals surface area (Å²) < 4.78 is 46.9. The highest BCUT2D eigenvalue weighted by atomic mass is 19.3. The third-order valence-corrected chi connectivity index (χ3v) is 1.82. The van der Waals surface area contributed by atoms with Gasteiger partial charge < -0.3 is 5.11 Å². The SMILES string of the molecule is O=C(O)C(CCC(F)F)CCC(F)F. The largest absolute Gasteiger partial charge is 0.481 e. The van der Waals surface area contributed by atoms with Gasteiger partial charge in [0, 0.05) is 12.8 Å². The van der Waals surface area contributed by atoms with Gasteiger partial charge in [-0.2, -0.15) is 0 Å². The summed E-state index contributed by atoms with van der Waals surface area (Å²) in [6.07, 6.45) is -6.77. The van der Waals surface area contributed by atoms with Crippen molar-refractivity contribution < 1.29 is 27.5 Å². The molecule has 0 aliphatic rings. The number of carbonyl (C=O) groups is 1. The van der Waals surface area contributed by atoms with Crippen LogP contribution in [0.1, 0.15) is 25.7 Å². The van der Waals surface area contributed by atoms with Crippen LogP contribution in [0.2, 0.25) is 0 Å². The number of halogens is 4. The summed E-state index contributed by atoms with van der Waals surface area (Å²) >= 11 is 0. The molecule has 0 heterocycles. The second-order valence-electron chi connectivity index (χ2n) is 2.97. The van der Waals surface area contributed by atoms with Gasteiger partial charge in [-0.25, -0.2) is 17.6 Å². The summed E-state index contributed by atoms with van der Waals surface area (Å²) in [5, 5.41) is 8.51. The van der Waals surface area contributed by atoms with Gasteiger partial charge >= 0.3 is 5.97 Å². The van der Waals surface area contributed by atoms with Crippen LogP contribution in [0.3, 0.4) is 0 Å². The Hall–Kier alpha value is -0.810. The summed E-state index contributed by atoms with van der Waals surface area (Å²) in [6, 6.07) is 0. The highest BCUT2D eigenvalue weighted by molar-refractivity contribution is 5.69. The van der Waals surface area contributed by atoms with Gasteiger partial charge in [0.05, 0.1) is 5.92 Å². The molecule has 0 rings (SSSR count). The van der Waals surface area contributed by atoms with E-state index in [1.165, 1.54) is 0 Å². The van der Waals surface area contributed by atoms with Crippen LogP contribution in [0.15, 0.2) is 0 Å². The van der Waals surface area contributed by atoms with Crippen molar-refractivity contribution in [2.24, 2.45) is 5.92 Å². The molecule has 84 valence electrons. The van der Waals surface area contributed by atoms with Crippen LogP contribution in [0, 0.1) is 5.92 Å². The van der Waals surface area contributed by atoms with Gasteiger partial charge in [0.1, 0.15) is 0 Å². The van der Waals surface area contributed by atoms with Gasteiger partial charge in [-0.05, 0) is 12.8 Å². The molecule has 0 aromatic rings. The lowest BCUT2D eigenvalue weighted by atomic mass is 9.98. The summed E-state index contributed by atoms with van der Waals surface area (Å²) in [4.78, 5) is 10.4. The highest BCUT2D eigenvalue weighted by Crippen LogP contribution is 2.19. The Kier molecular flexibility index (Phi) is 6.23. The van der Waals surface area contributed by atoms with Crippen molar-refractivity contribution in [3.8, 4) is 0 Å². The van der Waals surface area contributed by atoms with E-state index in [9.17, 15) is 22.4 Å². The first-order valence-electron chi connectivity index (χ1n) is 4.22. The van der Waals surface area contributed by atoms with E-state index >= 15 is 0 Å². The van der Waals surface area contributed by atoms with E-state index in [1.807, 2.05) is 0 Å². The fourth-order valence-corrected chi connectivity index (χ4v) is 1.05. The van der Waals surface area contributed by atoms with Crippen LogP contribution in [0.25, 0.3) is 0 Å². The van der Waals surface area contributed by atoms with E-state index in [-0.39, 0.29) is 12.8 Å². The molecule has 0 aromatic heterocycles. The number of carboxylic acid groups (broad SMARTS) is 1. The number of alkyl halides is 4. The van der Waals surface area contributed by atoms with E-state index in [0.717, 1.165) is 0 Å². The fraction of sp³-hybridized carbons (Fsp3) is 0.875. The minimum atomic E-state index is -2.58. The molecule has 0 bridgehead atoms. The van der Waals surface area contributed by atoms with E-state index in [4.69, 9.17) is 5.11 Å². The van der Waals surface area contributed by atoms with Crippen molar-refractivity contribution >= 4 is 5.97 Å². The number of hydrogen-bond acceptors (Lipinski definition) is 1. The number of carboxylic acids is 1. The molecule has 0 aromatic carbocycles. The Bertz CT molecular complexity index is 161. The second kappa shape index (κ2) is 6.62. The molecule has 0 spiro atoms. The fourth-order valence-electron chi connectivity index (χ4n) is 1.05. The molecule has 6 heteroatoms. The maximum atomic E-state index is 11.7. The van der Waals surface area contributed by atoms with E-state index in [0.29, 0.717) is 0 Å². The maximum absolute atomic E-state index is 11.7. The molecule has 1 N–H and O–H groups in total. The Balaban J connectivity index is 3.84. The summed E-state index contributed by atoms with van der Waals surface area (Å²) in [5.74, 6) is -2.37. The molecule has 0 saturated carbocycles. The Morgan fingerprint density at radius 2 is 1.29 bits per heavy atom. The third kappa shape index (κ3) is 6.68. The second-order valence-corrected chi connectivity index (χ2v) is 2.97. The molecule has 0 saturated heterocycles. The lowest BCUT2D eigenvalue weighted by Gasteiger charge is -2.11. The van der Waals surface area contributed by atoms with Crippen LogP contribution in [-0.2, 0) is 4.79 Å². The molecule has 14 heavy (non-hydrogen) atoms.